The number of urea groups is 1. The number of nitrogens with one attached hydrogen (secondary N) is 1. The second kappa shape index (κ2) is 8.41. The summed E-state index contributed by atoms with van der Waals surface area (Å²) >= 11 is 0. The number of ketones is 1. The van der Waals surface area contributed by atoms with E-state index in [9.17, 15) is 24.0 Å². The maximum Gasteiger partial charge on any atom is 0.340 e. The van der Waals surface area contributed by atoms with E-state index in [1.807, 2.05) is 6.92 Å². The molecule has 2 aliphatic rings. The van der Waals surface area contributed by atoms with Gasteiger partial charge in [-0.3, -0.25) is 19.3 Å². The lowest BCUT2D eigenvalue weighted by Gasteiger charge is -2.34. The first-order valence-corrected chi connectivity index (χ1v) is 10.3. The van der Waals surface area contributed by atoms with Crippen molar-refractivity contribution >= 4 is 29.6 Å². The highest BCUT2D eigenvalue weighted by atomic mass is 16.5. The molecule has 162 valence electrons. The molecule has 2 fully saturated rings. The normalized spacial score (nSPS) is 22.1. The van der Waals surface area contributed by atoms with Crippen LogP contribution in [0.2, 0.25) is 0 Å². The molecule has 2 heterocycles. The minimum atomic E-state index is -1.01. The standard InChI is InChI=1S/C21H27N3O6/c1-5-30-20(28)17-13(4)22-12(3)16(17)15(25)10-23-18(26)19(27)24(21(23)29)14-9-7-6-8-11(14)2/h11,14,22H,5-10H2,1-4H3/t11-,14+/m1/s1. The summed E-state index contributed by atoms with van der Waals surface area (Å²) in [5, 5.41) is 0. The van der Waals surface area contributed by atoms with E-state index in [-0.39, 0.29) is 29.7 Å². The number of nitrogens with zero attached hydrogens (tertiary/aromatic N) is 2. The Labute approximate surface area is 174 Å². The number of aromatic nitrogens is 1. The molecule has 1 saturated carbocycles. The number of ether oxygens (including phenoxy) is 1. The van der Waals surface area contributed by atoms with Gasteiger partial charge in [0.2, 0.25) is 0 Å². The first kappa shape index (κ1) is 21.7. The summed E-state index contributed by atoms with van der Waals surface area (Å²) in [7, 11) is 0. The van der Waals surface area contributed by atoms with Gasteiger partial charge in [0.05, 0.1) is 24.3 Å². The van der Waals surface area contributed by atoms with Crippen LogP contribution in [0.5, 0.6) is 0 Å². The highest BCUT2D eigenvalue weighted by Gasteiger charge is 2.49. The van der Waals surface area contributed by atoms with E-state index in [2.05, 4.69) is 4.98 Å². The van der Waals surface area contributed by atoms with E-state index in [4.69, 9.17) is 4.74 Å². The molecule has 1 aromatic rings. The van der Waals surface area contributed by atoms with Gasteiger partial charge in [-0.15, -0.1) is 0 Å². The van der Waals surface area contributed by atoms with Gasteiger partial charge in [0.1, 0.15) is 0 Å². The Morgan fingerprint density at radius 3 is 2.30 bits per heavy atom. The predicted octanol–water partition coefficient (Wildman–Crippen LogP) is 2.36. The van der Waals surface area contributed by atoms with Crippen LogP contribution in [-0.4, -0.2) is 63.6 Å². The van der Waals surface area contributed by atoms with Gasteiger partial charge in [-0.1, -0.05) is 19.8 Å². The highest BCUT2D eigenvalue weighted by molar-refractivity contribution is 6.45. The molecule has 1 aliphatic heterocycles. The monoisotopic (exact) mass is 417 g/mol. The summed E-state index contributed by atoms with van der Waals surface area (Å²) in [5.41, 5.74) is 1.05. The fourth-order valence-corrected chi connectivity index (χ4v) is 4.45. The van der Waals surface area contributed by atoms with Gasteiger partial charge in [-0.05, 0) is 39.5 Å². The Balaban J connectivity index is 1.86. The molecule has 30 heavy (non-hydrogen) atoms. The van der Waals surface area contributed by atoms with E-state index < -0.39 is 36.1 Å². The molecule has 2 atom stereocenters. The zero-order chi connectivity index (χ0) is 22.2. The molecule has 4 amide bonds. The second-order valence-corrected chi connectivity index (χ2v) is 7.95. The van der Waals surface area contributed by atoms with E-state index >= 15 is 0 Å². The Kier molecular flexibility index (Phi) is 6.09. The van der Waals surface area contributed by atoms with Gasteiger partial charge in [-0.25, -0.2) is 14.5 Å². The average molecular weight is 417 g/mol. The molecule has 1 aliphatic carbocycles. The van der Waals surface area contributed by atoms with E-state index in [0.717, 1.165) is 24.2 Å². The maximum absolute atomic E-state index is 13.0. The van der Waals surface area contributed by atoms with Crippen LogP contribution < -0.4 is 0 Å². The van der Waals surface area contributed by atoms with Crippen LogP contribution in [0.25, 0.3) is 0 Å². The van der Waals surface area contributed by atoms with Crippen molar-refractivity contribution in [1.29, 1.82) is 0 Å². The van der Waals surface area contributed by atoms with Crippen molar-refractivity contribution in [1.82, 2.24) is 14.8 Å². The zero-order valence-corrected chi connectivity index (χ0v) is 17.7. The largest absolute Gasteiger partial charge is 0.462 e. The number of Topliss-reactive ketones (excluding diaryl/α,β-unsaturated/α-hetero) is 1. The van der Waals surface area contributed by atoms with Crippen molar-refractivity contribution in [2.75, 3.05) is 13.2 Å². The lowest BCUT2D eigenvalue weighted by atomic mass is 9.85. The Hall–Kier alpha value is -2.97. The van der Waals surface area contributed by atoms with Crippen molar-refractivity contribution in [3.05, 3.63) is 22.5 Å². The smallest absolute Gasteiger partial charge is 0.340 e. The summed E-state index contributed by atoms with van der Waals surface area (Å²) in [5.74, 6) is -3.06. The van der Waals surface area contributed by atoms with Crippen LogP contribution in [0.3, 0.4) is 0 Å². The van der Waals surface area contributed by atoms with Crippen molar-refractivity contribution < 1.29 is 28.7 Å². The van der Waals surface area contributed by atoms with Crippen molar-refractivity contribution in [3.63, 3.8) is 0 Å². The molecule has 9 heteroatoms. The number of hydrogen-bond acceptors (Lipinski definition) is 6. The lowest BCUT2D eigenvalue weighted by Crippen LogP contribution is -2.46. The number of rotatable bonds is 6. The Morgan fingerprint density at radius 2 is 1.67 bits per heavy atom. The van der Waals surface area contributed by atoms with Crippen LogP contribution in [-0.2, 0) is 14.3 Å². The number of hydrogen-bond donors (Lipinski definition) is 1. The molecular formula is C21H27N3O6. The molecule has 1 aromatic heterocycles. The first-order chi connectivity index (χ1) is 14.2. The number of imide groups is 2. The molecule has 1 saturated heterocycles. The van der Waals surface area contributed by atoms with Crippen molar-refractivity contribution in [2.45, 2.75) is 59.4 Å². The van der Waals surface area contributed by atoms with Crippen LogP contribution in [0.15, 0.2) is 0 Å². The van der Waals surface area contributed by atoms with Gasteiger partial charge in [0.25, 0.3) is 0 Å². The van der Waals surface area contributed by atoms with Crippen molar-refractivity contribution in [2.24, 2.45) is 5.92 Å². The third-order valence-corrected chi connectivity index (χ3v) is 5.92. The molecule has 0 radical (unpaired) electrons. The molecule has 0 unspecified atom stereocenters. The van der Waals surface area contributed by atoms with Gasteiger partial charge in [0, 0.05) is 17.4 Å². The number of carbonyl (C=O) groups excluding carboxylic acids is 5. The molecule has 9 nitrogen and oxygen atoms in total. The lowest BCUT2D eigenvalue weighted by molar-refractivity contribution is -0.144. The van der Waals surface area contributed by atoms with Gasteiger partial charge < -0.3 is 9.72 Å². The number of carbonyl (C=O) groups is 5. The van der Waals surface area contributed by atoms with Crippen LogP contribution in [0.4, 0.5) is 4.79 Å². The number of amides is 4. The topological polar surface area (TPSA) is 117 Å². The summed E-state index contributed by atoms with van der Waals surface area (Å²) in [6.45, 7) is 6.41. The van der Waals surface area contributed by atoms with Crippen LogP contribution in [0.1, 0.15) is 71.6 Å². The third kappa shape index (κ3) is 3.64. The van der Waals surface area contributed by atoms with Gasteiger partial charge in [-0.2, -0.15) is 0 Å². The minimum Gasteiger partial charge on any atom is -0.462 e. The average Bonchev–Trinajstić information content (AvgIpc) is 3.10. The SMILES string of the molecule is CCOC(=O)c1c(C)[nH]c(C)c1C(=O)CN1C(=O)C(=O)N([C@H]2CCCC[C@H]2C)C1=O. The zero-order valence-electron chi connectivity index (χ0n) is 17.7. The summed E-state index contributed by atoms with van der Waals surface area (Å²) in [6, 6.07) is -1.10. The molecule has 3 rings (SSSR count). The van der Waals surface area contributed by atoms with Crippen LogP contribution in [0, 0.1) is 19.8 Å². The quantitative estimate of drug-likeness (QED) is 0.329. The molecule has 1 N–H and O–H groups in total. The fourth-order valence-electron chi connectivity index (χ4n) is 4.45. The fraction of sp³-hybridized carbons (Fsp3) is 0.571. The number of aryl methyl sites for hydroxylation is 2. The van der Waals surface area contributed by atoms with Crippen molar-refractivity contribution in [3.8, 4) is 0 Å². The van der Waals surface area contributed by atoms with E-state index in [1.54, 1.807) is 20.8 Å². The summed E-state index contributed by atoms with van der Waals surface area (Å²) in [6.07, 6.45) is 3.42. The van der Waals surface area contributed by atoms with Gasteiger partial charge in [0.15, 0.2) is 5.78 Å². The summed E-state index contributed by atoms with van der Waals surface area (Å²) < 4.78 is 5.03. The highest BCUT2D eigenvalue weighted by Crippen LogP contribution is 2.31. The molecular weight excluding hydrogens is 390 g/mol. The van der Waals surface area contributed by atoms with E-state index in [1.165, 1.54) is 0 Å². The number of aromatic amines is 1. The Bertz CT molecular complexity index is 918. The Morgan fingerprint density at radius 1 is 1.03 bits per heavy atom. The van der Waals surface area contributed by atoms with Gasteiger partial charge >= 0.3 is 23.8 Å². The first-order valence-electron chi connectivity index (χ1n) is 10.3. The minimum absolute atomic E-state index is 0.0727. The predicted molar refractivity (Wildman–Crippen MR) is 106 cm³/mol. The third-order valence-electron chi connectivity index (χ3n) is 5.92. The summed E-state index contributed by atoms with van der Waals surface area (Å²) in [4.78, 5) is 67.9. The number of H-pyrrole nitrogens is 1. The van der Waals surface area contributed by atoms with Crippen LogP contribution >= 0.6 is 0 Å². The molecule has 0 bridgehead atoms. The number of esters is 1. The maximum atomic E-state index is 13.0. The van der Waals surface area contributed by atoms with E-state index in [0.29, 0.717) is 22.7 Å². The molecule has 0 aromatic carbocycles. The second-order valence-electron chi connectivity index (χ2n) is 7.95. The molecule has 0 spiro atoms.